The molecular weight excluding hydrogens is 251 g/mol. The molecule has 1 aromatic rings. The van der Waals surface area contributed by atoms with Gasteiger partial charge in [0.15, 0.2) is 11.6 Å². The van der Waals surface area contributed by atoms with E-state index in [9.17, 15) is 14.0 Å². The van der Waals surface area contributed by atoms with Gasteiger partial charge in [-0.1, -0.05) is 0 Å². The summed E-state index contributed by atoms with van der Waals surface area (Å²) in [6.45, 7) is 4.23. The lowest BCUT2D eigenvalue weighted by Gasteiger charge is -2.09. The largest absolute Gasteiger partial charge is 0.368 e. The maximum Gasteiger partial charge on any atom is 0.254 e. The SMILES string of the molecule is CCNc1nccc(C(=O)NCCNC(C)=O)c1F. The van der Waals surface area contributed by atoms with Gasteiger partial charge in [-0.3, -0.25) is 9.59 Å². The van der Waals surface area contributed by atoms with Gasteiger partial charge in [-0.2, -0.15) is 0 Å². The van der Waals surface area contributed by atoms with E-state index in [2.05, 4.69) is 20.9 Å². The monoisotopic (exact) mass is 268 g/mol. The van der Waals surface area contributed by atoms with Crippen LogP contribution in [0.3, 0.4) is 0 Å². The van der Waals surface area contributed by atoms with Crippen molar-refractivity contribution in [1.82, 2.24) is 15.6 Å². The third kappa shape index (κ3) is 4.53. The lowest BCUT2D eigenvalue weighted by atomic mass is 10.2. The molecule has 3 N–H and O–H groups in total. The van der Waals surface area contributed by atoms with Crippen LogP contribution in [0.5, 0.6) is 0 Å². The molecule has 0 saturated heterocycles. The van der Waals surface area contributed by atoms with E-state index in [1.807, 2.05) is 0 Å². The van der Waals surface area contributed by atoms with Crippen LogP contribution in [0.2, 0.25) is 0 Å². The number of carbonyl (C=O) groups is 2. The molecule has 2 amide bonds. The number of hydrogen-bond acceptors (Lipinski definition) is 4. The first-order valence-corrected chi connectivity index (χ1v) is 5.97. The van der Waals surface area contributed by atoms with Gasteiger partial charge in [0.1, 0.15) is 0 Å². The summed E-state index contributed by atoms with van der Waals surface area (Å²) in [4.78, 5) is 26.2. The topological polar surface area (TPSA) is 83.1 Å². The van der Waals surface area contributed by atoms with E-state index in [1.165, 1.54) is 19.2 Å². The summed E-state index contributed by atoms with van der Waals surface area (Å²) >= 11 is 0. The predicted molar refractivity (Wildman–Crippen MR) is 69.4 cm³/mol. The van der Waals surface area contributed by atoms with E-state index < -0.39 is 11.7 Å². The molecule has 0 aromatic carbocycles. The van der Waals surface area contributed by atoms with Crippen LogP contribution in [0.1, 0.15) is 24.2 Å². The smallest absolute Gasteiger partial charge is 0.254 e. The molecule has 0 saturated carbocycles. The summed E-state index contributed by atoms with van der Waals surface area (Å²) < 4.78 is 13.9. The molecule has 7 heteroatoms. The molecule has 0 unspecified atom stereocenters. The van der Waals surface area contributed by atoms with Gasteiger partial charge in [0.05, 0.1) is 5.56 Å². The molecule has 0 fully saturated rings. The Morgan fingerprint density at radius 1 is 1.32 bits per heavy atom. The van der Waals surface area contributed by atoms with Crippen LogP contribution in [0.4, 0.5) is 10.2 Å². The summed E-state index contributed by atoms with van der Waals surface area (Å²) in [5, 5.41) is 7.77. The molecule has 0 spiro atoms. The zero-order valence-corrected chi connectivity index (χ0v) is 10.9. The second-order valence-electron chi connectivity index (χ2n) is 3.79. The molecular formula is C12H17FN4O2. The van der Waals surface area contributed by atoms with Crippen LogP contribution in [0.15, 0.2) is 12.3 Å². The van der Waals surface area contributed by atoms with Crippen molar-refractivity contribution in [2.45, 2.75) is 13.8 Å². The quantitative estimate of drug-likeness (QED) is 0.657. The van der Waals surface area contributed by atoms with Crippen LogP contribution in [0, 0.1) is 5.82 Å². The second-order valence-corrected chi connectivity index (χ2v) is 3.79. The summed E-state index contributed by atoms with van der Waals surface area (Å²) in [7, 11) is 0. The Balaban J connectivity index is 2.61. The minimum absolute atomic E-state index is 0.0528. The molecule has 0 aliphatic carbocycles. The minimum Gasteiger partial charge on any atom is -0.368 e. The molecule has 0 radical (unpaired) electrons. The first kappa shape index (κ1) is 14.9. The van der Waals surface area contributed by atoms with Crippen LogP contribution >= 0.6 is 0 Å². The number of aromatic nitrogens is 1. The van der Waals surface area contributed by atoms with Crippen LogP contribution < -0.4 is 16.0 Å². The number of anilines is 1. The Hall–Kier alpha value is -2.18. The summed E-state index contributed by atoms with van der Waals surface area (Å²) in [5.41, 5.74) is -0.0752. The maximum atomic E-state index is 13.9. The van der Waals surface area contributed by atoms with Gasteiger partial charge in [-0.15, -0.1) is 0 Å². The zero-order chi connectivity index (χ0) is 14.3. The van der Waals surface area contributed by atoms with E-state index in [0.29, 0.717) is 13.1 Å². The van der Waals surface area contributed by atoms with E-state index in [4.69, 9.17) is 0 Å². The number of amides is 2. The molecule has 19 heavy (non-hydrogen) atoms. The van der Waals surface area contributed by atoms with Crippen molar-refractivity contribution in [3.8, 4) is 0 Å². The number of nitrogens with zero attached hydrogens (tertiary/aromatic N) is 1. The fraction of sp³-hybridized carbons (Fsp3) is 0.417. The van der Waals surface area contributed by atoms with Crippen LogP contribution in [-0.4, -0.2) is 36.4 Å². The molecule has 6 nitrogen and oxygen atoms in total. The molecule has 1 heterocycles. The van der Waals surface area contributed by atoms with Crippen molar-refractivity contribution in [2.24, 2.45) is 0 Å². The second kappa shape index (κ2) is 7.30. The molecule has 104 valence electrons. The first-order chi connectivity index (χ1) is 9.06. The van der Waals surface area contributed by atoms with Crippen LogP contribution in [-0.2, 0) is 4.79 Å². The number of halogens is 1. The first-order valence-electron chi connectivity index (χ1n) is 5.97. The predicted octanol–water partition coefficient (Wildman–Crippen LogP) is 0.518. The van der Waals surface area contributed by atoms with Crippen LogP contribution in [0.25, 0.3) is 0 Å². The Kier molecular flexibility index (Phi) is 5.72. The number of hydrogen-bond donors (Lipinski definition) is 3. The van der Waals surface area contributed by atoms with Crippen molar-refractivity contribution in [3.63, 3.8) is 0 Å². The average molecular weight is 268 g/mol. The van der Waals surface area contributed by atoms with Gasteiger partial charge >= 0.3 is 0 Å². The Morgan fingerprint density at radius 2 is 2.00 bits per heavy atom. The van der Waals surface area contributed by atoms with E-state index in [0.717, 1.165) is 0 Å². The van der Waals surface area contributed by atoms with Gasteiger partial charge in [0.2, 0.25) is 5.91 Å². The van der Waals surface area contributed by atoms with Crippen molar-refractivity contribution < 1.29 is 14.0 Å². The number of pyridine rings is 1. The molecule has 1 aromatic heterocycles. The van der Waals surface area contributed by atoms with Crippen molar-refractivity contribution in [3.05, 3.63) is 23.6 Å². The number of rotatable bonds is 6. The molecule has 0 atom stereocenters. The van der Waals surface area contributed by atoms with Crippen molar-refractivity contribution >= 4 is 17.6 Å². The summed E-state index contributed by atoms with van der Waals surface area (Å²) in [6.07, 6.45) is 1.36. The Morgan fingerprint density at radius 3 is 2.63 bits per heavy atom. The summed E-state index contributed by atoms with van der Waals surface area (Å²) in [6, 6.07) is 1.31. The lowest BCUT2D eigenvalue weighted by molar-refractivity contribution is -0.118. The zero-order valence-electron chi connectivity index (χ0n) is 10.9. The highest BCUT2D eigenvalue weighted by molar-refractivity contribution is 5.95. The summed E-state index contributed by atoms with van der Waals surface area (Å²) in [5.74, 6) is -1.35. The number of nitrogens with one attached hydrogen (secondary N) is 3. The third-order valence-corrected chi connectivity index (χ3v) is 2.26. The van der Waals surface area contributed by atoms with Gasteiger partial charge in [0.25, 0.3) is 5.91 Å². The highest BCUT2D eigenvalue weighted by atomic mass is 19.1. The Labute approximate surface area is 110 Å². The maximum absolute atomic E-state index is 13.9. The van der Waals surface area contributed by atoms with E-state index in [1.54, 1.807) is 6.92 Å². The van der Waals surface area contributed by atoms with Gasteiger partial charge in [-0.05, 0) is 13.0 Å². The van der Waals surface area contributed by atoms with Gasteiger partial charge < -0.3 is 16.0 Å². The number of carbonyl (C=O) groups excluding carboxylic acids is 2. The van der Waals surface area contributed by atoms with Crippen molar-refractivity contribution in [1.29, 1.82) is 0 Å². The molecule has 0 bridgehead atoms. The lowest BCUT2D eigenvalue weighted by Crippen LogP contribution is -2.34. The van der Waals surface area contributed by atoms with Crippen molar-refractivity contribution in [2.75, 3.05) is 25.0 Å². The van der Waals surface area contributed by atoms with E-state index >= 15 is 0 Å². The normalized spacial score (nSPS) is 9.84. The fourth-order valence-electron chi connectivity index (χ4n) is 1.42. The van der Waals surface area contributed by atoms with Gasteiger partial charge in [0, 0.05) is 32.8 Å². The van der Waals surface area contributed by atoms with Gasteiger partial charge in [-0.25, -0.2) is 9.37 Å². The average Bonchev–Trinajstić information content (AvgIpc) is 2.37. The Bertz CT molecular complexity index is 465. The molecule has 0 aliphatic heterocycles. The fourth-order valence-corrected chi connectivity index (χ4v) is 1.42. The highest BCUT2D eigenvalue weighted by Crippen LogP contribution is 2.14. The highest BCUT2D eigenvalue weighted by Gasteiger charge is 2.15. The third-order valence-electron chi connectivity index (χ3n) is 2.26. The van der Waals surface area contributed by atoms with E-state index in [-0.39, 0.29) is 23.8 Å². The standard InChI is InChI=1S/C12H17FN4O2/c1-3-14-11-10(13)9(4-5-16-11)12(19)17-7-6-15-8(2)18/h4-5H,3,6-7H2,1-2H3,(H,14,16)(H,15,18)(H,17,19). The minimum atomic E-state index is -0.679. The molecule has 1 rings (SSSR count). The molecule has 0 aliphatic rings.